The summed E-state index contributed by atoms with van der Waals surface area (Å²) in [5.41, 5.74) is -0.833. The van der Waals surface area contributed by atoms with Gasteiger partial charge in [0.05, 0.1) is 5.52 Å². The lowest BCUT2D eigenvalue weighted by Gasteiger charge is -2.18. The molecule has 1 aromatic heterocycles. The Hall–Kier alpha value is -2.24. The minimum atomic E-state index is -1.29. The summed E-state index contributed by atoms with van der Waals surface area (Å²) in [4.78, 5) is 22.9. The number of carbonyl (C=O) groups is 1. The molecule has 0 saturated heterocycles. The summed E-state index contributed by atoms with van der Waals surface area (Å²) >= 11 is 0. The molecular formula is C13H11F2NO3. The summed E-state index contributed by atoms with van der Waals surface area (Å²) in [6, 6.07) is 2.23. The van der Waals surface area contributed by atoms with Gasteiger partial charge in [-0.3, -0.25) is 4.79 Å². The third-order valence-electron chi connectivity index (χ3n) is 2.83. The minimum Gasteiger partial charge on any atom is -0.477 e. The fourth-order valence-corrected chi connectivity index (χ4v) is 2.06. The molecule has 0 aliphatic carbocycles. The van der Waals surface area contributed by atoms with E-state index in [4.69, 9.17) is 5.11 Å². The maximum Gasteiger partial charge on any atom is 0.352 e. The van der Waals surface area contributed by atoms with Crippen LogP contribution in [-0.2, 0) is 0 Å². The Labute approximate surface area is 106 Å². The van der Waals surface area contributed by atoms with Crippen LogP contribution in [0.2, 0.25) is 0 Å². The Bertz CT molecular complexity index is 735. The second-order valence-electron chi connectivity index (χ2n) is 4.45. The molecule has 0 aliphatic heterocycles. The number of aromatic carboxylic acids is 1. The number of carboxylic acids is 1. The average Bonchev–Trinajstić information content (AvgIpc) is 2.30. The van der Waals surface area contributed by atoms with Crippen molar-refractivity contribution in [3.63, 3.8) is 0 Å². The molecule has 1 N–H and O–H groups in total. The predicted molar refractivity (Wildman–Crippen MR) is 65.5 cm³/mol. The molecule has 0 spiro atoms. The molecular weight excluding hydrogens is 256 g/mol. The molecule has 0 amide bonds. The molecule has 0 aliphatic rings. The van der Waals surface area contributed by atoms with Crippen molar-refractivity contribution in [3.05, 3.63) is 45.8 Å². The summed E-state index contributed by atoms with van der Waals surface area (Å²) in [6.07, 6.45) is 0. The van der Waals surface area contributed by atoms with Crippen molar-refractivity contribution in [3.8, 4) is 0 Å². The van der Waals surface area contributed by atoms with Gasteiger partial charge in [-0.15, -0.1) is 0 Å². The fraction of sp³-hybridized carbons (Fsp3) is 0.231. The van der Waals surface area contributed by atoms with Crippen molar-refractivity contribution >= 4 is 16.9 Å². The molecule has 0 bridgehead atoms. The number of hydrogen-bond donors (Lipinski definition) is 1. The van der Waals surface area contributed by atoms with Gasteiger partial charge < -0.3 is 9.67 Å². The number of rotatable bonds is 2. The summed E-state index contributed by atoms with van der Waals surface area (Å²) in [5, 5.41) is 9.05. The standard InChI is InChI=1S/C13H11F2NO3/c1-6(2)16-10-4-9(15)8(14)3-7(10)12(17)5-11(16)13(18)19/h3-6H,1-2H3,(H,18,19). The van der Waals surface area contributed by atoms with E-state index in [0.29, 0.717) is 0 Å². The zero-order valence-corrected chi connectivity index (χ0v) is 10.3. The Morgan fingerprint density at radius 2 is 1.79 bits per heavy atom. The first kappa shape index (κ1) is 13.2. The van der Waals surface area contributed by atoms with Gasteiger partial charge in [0.25, 0.3) is 0 Å². The third-order valence-corrected chi connectivity index (χ3v) is 2.83. The largest absolute Gasteiger partial charge is 0.477 e. The van der Waals surface area contributed by atoms with Crippen molar-refractivity contribution in [1.82, 2.24) is 4.57 Å². The predicted octanol–water partition coefficient (Wildman–Crippen LogP) is 2.56. The maximum atomic E-state index is 13.3. The van der Waals surface area contributed by atoms with Crippen molar-refractivity contribution in [2.45, 2.75) is 19.9 Å². The van der Waals surface area contributed by atoms with Crippen LogP contribution in [0.3, 0.4) is 0 Å². The van der Waals surface area contributed by atoms with E-state index in [1.54, 1.807) is 13.8 Å². The molecule has 100 valence electrons. The first-order valence-corrected chi connectivity index (χ1v) is 5.60. The second-order valence-corrected chi connectivity index (χ2v) is 4.45. The Morgan fingerprint density at radius 1 is 1.21 bits per heavy atom. The van der Waals surface area contributed by atoms with E-state index in [1.165, 1.54) is 4.57 Å². The van der Waals surface area contributed by atoms with E-state index < -0.39 is 23.0 Å². The number of pyridine rings is 1. The van der Waals surface area contributed by atoms with Crippen LogP contribution < -0.4 is 5.43 Å². The summed E-state index contributed by atoms with van der Waals surface area (Å²) in [7, 11) is 0. The summed E-state index contributed by atoms with van der Waals surface area (Å²) < 4.78 is 27.8. The molecule has 0 saturated carbocycles. The molecule has 6 heteroatoms. The monoisotopic (exact) mass is 267 g/mol. The number of nitrogens with zero attached hydrogens (tertiary/aromatic N) is 1. The maximum absolute atomic E-state index is 13.3. The van der Waals surface area contributed by atoms with Crippen LogP contribution >= 0.6 is 0 Å². The quantitative estimate of drug-likeness (QED) is 0.909. The highest BCUT2D eigenvalue weighted by Gasteiger charge is 2.18. The number of aromatic nitrogens is 1. The van der Waals surface area contributed by atoms with Crippen molar-refractivity contribution < 1.29 is 18.7 Å². The minimum absolute atomic E-state index is 0.0439. The highest BCUT2D eigenvalue weighted by atomic mass is 19.2. The smallest absolute Gasteiger partial charge is 0.352 e. The Morgan fingerprint density at radius 3 is 2.32 bits per heavy atom. The number of halogens is 2. The van der Waals surface area contributed by atoms with Crippen LogP contribution in [0.1, 0.15) is 30.4 Å². The SMILES string of the molecule is CC(C)n1c(C(=O)O)cc(=O)c2cc(F)c(F)cc21. The Kier molecular flexibility index (Phi) is 3.09. The molecule has 19 heavy (non-hydrogen) atoms. The molecule has 2 rings (SSSR count). The van der Waals surface area contributed by atoms with E-state index in [2.05, 4.69) is 0 Å². The molecule has 2 aromatic rings. The highest BCUT2D eigenvalue weighted by molar-refractivity contribution is 5.90. The van der Waals surface area contributed by atoms with E-state index in [0.717, 1.165) is 18.2 Å². The molecule has 1 heterocycles. The number of fused-ring (bicyclic) bond motifs is 1. The highest BCUT2D eigenvalue weighted by Crippen LogP contribution is 2.21. The zero-order chi connectivity index (χ0) is 14.3. The van der Waals surface area contributed by atoms with Gasteiger partial charge in [-0.25, -0.2) is 13.6 Å². The molecule has 0 unspecified atom stereocenters. The van der Waals surface area contributed by atoms with Gasteiger partial charge in [0.1, 0.15) is 5.69 Å². The topological polar surface area (TPSA) is 59.3 Å². The molecule has 0 radical (unpaired) electrons. The molecule has 0 fully saturated rings. The fourth-order valence-electron chi connectivity index (χ4n) is 2.06. The van der Waals surface area contributed by atoms with Crippen LogP contribution in [0.15, 0.2) is 23.0 Å². The van der Waals surface area contributed by atoms with Gasteiger partial charge in [-0.05, 0) is 19.9 Å². The number of benzene rings is 1. The van der Waals surface area contributed by atoms with Gasteiger partial charge in [0, 0.05) is 23.6 Å². The van der Waals surface area contributed by atoms with E-state index in [9.17, 15) is 18.4 Å². The van der Waals surface area contributed by atoms with Crippen LogP contribution in [0.25, 0.3) is 10.9 Å². The molecule has 1 aromatic carbocycles. The van der Waals surface area contributed by atoms with Crippen LogP contribution in [0, 0.1) is 11.6 Å². The van der Waals surface area contributed by atoms with Gasteiger partial charge in [-0.2, -0.15) is 0 Å². The lowest BCUT2D eigenvalue weighted by Crippen LogP contribution is -2.20. The number of carboxylic acid groups (broad SMARTS) is 1. The van der Waals surface area contributed by atoms with Gasteiger partial charge in [0.2, 0.25) is 0 Å². The van der Waals surface area contributed by atoms with E-state index in [1.807, 2.05) is 0 Å². The summed E-state index contributed by atoms with van der Waals surface area (Å²) in [5.74, 6) is -3.55. The lowest BCUT2D eigenvalue weighted by molar-refractivity contribution is 0.0683. The van der Waals surface area contributed by atoms with Crippen LogP contribution in [0.5, 0.6) is 0 Å². The van der Waals surface area contributed by atoms with Crippen molar-refractivity contribution in [2.24, 2.45) is 0 Å². The van der Waals surface area contributed by atoms with Gasteiger partial charge in [0.15, 0.2) is 17.1 Å². The van der Waals surface area contributed by atoms with Crippen LogP contribution in [-0.4, -0.2) is 15.6 Å². The molecule has 4 nitrogen and oxygen atoms in total. The third kappa shape index (κ3) is 2.09. The van der Waals surface area contributed by atoms with Crippen molar-refractivity contribution in [2.75, 3.05) is 0 Å². The lowest BCUT2D eigenvalue weighted by atomic mass is 10.1. The van der Waals surface area contributed by atoms with Gasteiger partial charge >= 0.3 is 5.97 Å². The molecule has 0 atom stereocenters. The number of hydrogen-bond acceptors (Lipinski definition) is 2. The first-order valence-electron chi connectivity index (χ1n) is 5.60. The Balaban J connectivity index is 3.03. The average molecular weight is 267 g/mol. The van der Waals surface area contributed by atoms with Gasteiger partial charge in [-0.1, -0.05) is 0 Å². The van der Waals surface area contributed by atoms with Crippen molar-refractivity contribution in [1.29, 1.82) is 0 Å². The van der Waals surface area contributed by atoms with E-state index >= 15 is 0 Å². The second kappa shape index (κ2) is 4.46. The zero-order valence-electron chi connectivity index (χ0n) is 10.3. The first-order chi connectivity index (χ1) is 8.82. The summed E-state index contributed by atoms with van der Waals surface area (Å²) in [6.45, 7) is 3.38. The normalized spacial score (nSPS) is 11.2. The van der Waals surface area contributed by atoms with E-state index in [-0.39, 0.29) is 22.6 Å². The van der Waals surface area contributed by atoms with Crippen LogP contribution in [0.4, 0.5) is 8.78 Å².